The van der Waals surface area contributed by atoms with E-state index in [1.807, 2.05) is 0 Å². The zero-order valence-electron chi connectivity index (χ0n) is 10.9. The number of carbonyl (C=O) groups excluding carboxylic acids is 1. The van der Waals surface area contributed by atoms with Crippen LogP contribution in [0, 0.1) is 11.7 Å². The molecule has 2 N–H and O–H groups in total. The Kier molecular flexibility index (Phi) is 4.04. The lowest BCUT2D eigenvalue weighted by atomic mass is 10.0. The topological polar surface area (TPSA) is 58.6 Å². The lowest BCUT2D eigenvalue weighted by Crippen LogP contribution is -2.43. The van der Waals surface area contributed by atoms with Crippen molar-refractivity contribution in [2.75, 3.05) is 13.2 Å². The monoisotopic (exact) mass is 267 g/mol. The van der Waals surface area contributed by atoms with Crippen LogP contribution in [0.4, 0.5) is 4.39 Å². The number of nitrogens with one attached hydrogen (secondary N) is 1. The molecule has 19 heavy (non-hydrogen) atoms. The summed E-state index contributed by atoms with van der Waals surface area (Å²) in [5.74, 6) is -0.559. The van der Waals surface area contributed by atoms with Crippen molar-refractivity contribution in [3.63, 3.8) is 0 Å². The number of aliphatic hydroxyl groups is 1. The van der Waals surface area contributed by atoms with Crippen LogP contribution in [0.5, 0.6) is 5.75 Å². The number of ether oxygens (including phenoxy) is 1. The first-order chi connectivity index (χ1) is 8.99. The maximum atomic E-state index is 13.2. The molecule has 1 aromatic rings. The number of carbonyl (C=O) groups is 1. The number of hydrogen-bond acceptors (Lipinski definition) is 3. The SMILES string of the molecule is CC(O)(CNC(=O)COc1ccccc1F)C1CC1. The van der Waals surface area contributed by atoms with Crippen LogP contribution < -0.4 is 10.1 Å². The summed E-state index contributed by atoms with van der Waals surface area (Å²) in [6.07, 6.45) is 1.99. The fourth-order valence-electron chi connectivity index (χ4n) is 1.88. The van der Waals surface area contributed by atoms with Crippen molar-refractivity contribution in [2.45, 2.75) is 25.4 Å². The highest BCUT2D eigenvalue weighted by molar-refractivity contribution is 5.77. The highest BCUT2D eigenvalue weighted by Gasteiger charge is 2.39. The largest absolute Gasteiger partial charge is 0.481 e. The molecule has 0 heterocycles. The van der Waals surface area contributed by atoms with Crippen LogP contribution in [0.2, 0.25) is 0 Å². The fraction of sp³-hybridized carbons (Fsp3) is 0.500. The molecule has 0 radical (unpaired) electrons. The van der Waals surface area contributed by atoms with Gasteiger partial charge < -0.3 is 15.2 Å². The summed E-state index contributed by atoms with van der Waals surface area (Å²) >= 11 is 0. The lowest BCUT2D eigenvalue weighted by molar-refractivity contribution is -0.124. The van der Waals surface area contributed by atoms with Gasteiger partial charge in [-0.2, -0.15) is 0 Å². The van der Waals surface area contributed by atoms with Gasteiger partial charge in [-0.3, -0.25) is 4.79 Å². The van der Waals surface area contributed by atoms with E-state index in [-0.39, 0.29) is 30.7 Å². The van der Waals surface area contributed by atoms with Crippen LogP contribution >= 0.6 is 0 Å². The molecule has 104 valence electrons. The molecule has 0 aromatic heterocycles. The lowest BCUT2D eigenvalue weighted by Gasteiger charge is -2.23. The summed E-state index contributed by atoms with van der Waals surface area (Å²) in [5.41, 5.74) is -0.867. The van der Waals surface area contributed by atoms with Gasteiger partial charge in [-0.15, -0.1) is 0 Å². The maximum Gasteiger partial charge on any atom is 0.258 e. The highest BCUT2D eigenvalue weighted by atomic mass is 19.1. The second-order valence-corrected chi connectivity index (χ2v) is 5.13. The molecule has 5 heteroatoms. The van der Waals surface area contributed by atoms with Gasteiger partial charge in [0.1, 0.15) is 0 Å². The molecule has 0 saturated heterocycles. The van der Waals surface area contributed by atoms with Gasteiger partial charge in [-0.25, -0.2) is 4.39 Å². The van der Waals surface area contributed by atoms with Gasteiger partial charge in [0.15, 0.2) is 18.2 Å². The van der Waals surface area contributed by atoms with Gasteiger partial charge >= 0.3 is 0 Å². The Balaban J connectivity index is 1.74. The van der Waals surface area contributed by atoms with E-state index in [1.165, 1.54) is 12.1 Å². The molecule has 1 fully saturated rings. The van der Waals surface area contributed by atoms with Gasteiger partial charge in [0.05, 0.1) is 5.60 Å². The zero-order chi connectivity index (χ0) is 13.9. The minimum atomic E-state index is -0.867. The van der Waals surface area contributed by atoms with E-state index in [9.17, 15) is 14.3 Å². The highest BCUT2D eigenvalue weighted by Crippen LogP contribution is 2.38. The average molecular weight is 267 g/mol. The van der Waals surface area contributed by atoms with Gasteiger partial charge in [-0.1, -0.05) is 12.1 Å². The molecule has 1 aliphatic rings. The Bertz CT molecular complexity index is 458. The number of rotatable bonds is 6. The Morgan fingerprint density at radius 3 is 2.84 bits per heavy atom. The number of hydrogen-bond donors (Lipinski definition) is 2. The second-order valence-electron chi connectivity index (χ2n) is 5.13. The van der Waals surface area contributed by atoms with Crippen LogP contribution in [-0.4, -0.2) is 29.8 Å². The molecular weight excluding hydrogens is 249 g/mol. The predicted octanol–water partition coefficient (Wildman–Crippen LogP) is 1.48. The van der Waals surface area contributed by atoms with Gasteiger partial charge in [0.25, 0.3) is 5.91 Å². The van der Waals surface area contributed by atoms with E-state index in [1.54, 1.807) is 19.1 Å². The zero-order valence-corrected chi connectivity index (χ0v) is 10.9. The predicted molar refractivity (Wildman–Crippen MR) is 68.3 cm³/mol. The minimum absolute atomic E-state index is 0.0478. The van der Waals surface area contributed by atoms with Crippen LogP contribution in [0.25, 0.3) is 0 Å². The quantitative estimate of drug-likeness (QED) is 0.821. The molecule has 1 aromatic carbocycles. The Morgan fingerprint density at radius 1 is 1.53 bits per heavy atom. The van der Waals surface area contributed by atoms with E-state index in [4.69, 9.17) is 4.74 Å². The third-order valence-electron chi connectivity index (χ3n) is 3.30. The van der Waals surface area contributed by atoms with Crippen LogP contribution in [0.1, 0.15) is 19.8 Å². The number of benzene rings is 1. The normalized spacial score (nSPS) is 17.6. The minimum Gasteiger partial charge on any atom is -0.481 e. The van der Waals surface area contributed by atoms with Crippen LogP contribution in [-0.2, 0) is 4.79 Å². The summed E-state index contributed by atoms with van der Waals surface area (Å²) in [4.78, 5) is 11.5. The molecule has 1 aliphatic carbocycles. The van der Waals surface area contributed by atoms with E-state index >= 15 is 0 Å². The third kappa shape index (κ3) is 3.92. The Morgan fingerprint density at radius 2 is 2.21 bits per heavy atom. The van der Waals surface area contributed by atoms with Gasteiger partial charge in [0.2, 0.25) is 0 Å². The van der Waals surface area contributed by atoms with Crippen molar-refractivity contribution in [1.29, 1.82) is 0 Å². The standard InChI is InChI=1S/C14H18FNO3/c1-14(18,10-6-7-10)9-16-13(17)8-19-12-5-3-2-4-11(12)15/h2-5,10,18H,6-9H2,1H3,(H,16,17). The van der Waals surface area contributed by atoms with E-state index in [0.717, 1.165) is 12.8 Å². The third-order valence-corrected chi connectivity index (χ3v) is 3.30. The van der Waals surface area contributed by atoms with E-state index in [0.29, 0.717) is 0 Å². The molecule has 1 saturated carbocycles. The molecular formula is C14H18FNO3. The van der Waals surface area contributed by atoms with E-state index < -0.39 is 11.4 Å². The molecule has 0 aliphatic heterocycles. The molecule has 0 bridgehead atoms. The molecule has 1 unspecified atom stereocenters. The Hall–Kier alpha value is -1.62. The second kappa shape index (κ2) is 5.57. The summed E-state index contributed by atoms with van der Waals surface area (Å²) in [6, 6.07) is 5.91. The first-order valence-corrected chi connectivity index (χ1v) is 6.35. The van der Waals surface area contributed by atoms with Crippen molar-refractivity contribution in [3.8, 4) is 5.75 Å². The summed E-state index contributed by atoms with van der Waals surface area (Å²) in [6.45, 7) is 1.64. The summed E-state index contributed by atoms with van der Waals surface area (Å²) in [7, 11) is 0. The maximum absolute atomic E-state index is 13.2. The fourth-order valence-corrected chi connectivity index (χ4v) is 1.88. The van der Waals surface area contributed by atoms with Crippen molar-refractivity contribution < 1.29 is 19.0 Å². The van der Waals surface area contributed by atoms with Gasteiger partial charge in [0, 0.05) is 6.54 Å². The first kappa shape index (κ1) is 13.8. The van der Waals surface area contributed by atoms with Crippen molar-refractivity contribution in [3.05, 3.63) is 30.1 Å². The van der Waals surface area contributed by atoms with Crippen molar-refractivity contribution in [2.24, 2.45) is 5.92 Å². The van der Waals surface area contributed by atoms with Gasteiger partial charge in [-0.05, 0) is 37.8 Å². The number of halogens is 1. The number of amides is 1. The van der Waals surface area contributed by atoms with Crippen LogP contribution in [0.15, 0.2) is 24.3 Å². The summed E-state index contributed by atoms with van der Waals surface area (Å²) in [5, 5.41) is 12.6. The van der Waals surface area contributed by atoms with Crippen LogP contribution in [0.3, 0.4) is 0 Å². The summed E-state index contributed by atoms with van der Waals surface area (Å²) < 4.78 is 18.3. The molecule has 1 amide bonds. The Labute approximate surface area is 111 Å². The molecule has 4 nitrogen and oxygen atoms in total. The molecule has 2 rings (SSSR count). The van der Waals surface area contributed by atoms with Crippen molar-refractivity contribution >= 4 is 5.91 Å². The smallest absolute Gasteiger partial charge is 0.258 e. The van der Waals surface area contributed by atoms with Crippen molar-refractivity contribution in [1.82, 2.24) is 5.32 Å². The van der Waals surface area contributed by atoms with E-state index in [2.05, 4.69) is 5.32 Å². The number of para-hydroxylation sites is 1. The average Bonchev–Trinajstić information content (AvgIpc) is 3.20. The first-order valence-electron chi connectivity index (χ1n) is 6.35. The molecule has 1 atom stereocenters. The molecule has 0 spiro atoms.